The van der Waals surface area contributed by atoms with Crippen LogP contribution in [0.3, 0.4) is 0 Å². The van der Waals surface area contributed by atoms with Gasteiger partial charge in [0, 0.05) is 34.1 Å². The highest BCUT2D eigenvalue weighted by Crippen LogP contribution is 2.26. The van der Waals surface area contributed by atoms with Crippen LogP contribution in [0.25, 0.3) is 16.6 Å². The second kappa shape index (κ2) is 9.06. The Morgan fingerprint density at radius 1 is 0.633 bits per heavy atom. The Balaban J connectivity index is 0.000000147. The molecule has 0 unspecified atom stereocenters. The molecule has 2 heterocycles. The number of aromatic nitrogens is 1. The minimum atomic E-state index is 0.0752. The molecule has 0 fully saturated rings. The molecule has 30 heavy (non-hydrogen) atoms. The van der Waals surface area contributed by atoms with Crippen molar-refractivity contribution in [3.05, 3.63) is 138 Å². The molecule has 0 spiro atoms. The lowest BCUT2D eigenvalue weighted by molar-refractivity contribution is 0.103. The van der Waals surface area contributed by atoms with Gasteiger partial charge in [-0.1, -0.05) is 97.1 Å². The van der Waals surface area contributed by atoms with Gasteiger partial charge in [-0.25, -0.2) is 0 Å². The monoisotopic (exact) mass is 389 g/mol. The van der Waals surface area contributed by atoms with Gasteiger partial charge in [0.15, 0.2) is 5.78 Å². The highest BCUT2D eigenvalue weighted by molar-refractivity contribution is 6.08. The van der Waals surface area contributed by atoms with Crippen LogP contribution >= 0.6 is 0 Å². The van der Waals surface area contributed by atoms with Crippen molar-refractivity contribution in [2.24, 2.45) is 0 Å². The Hall–Kier alpha value is -3.91. The standard InChI is InChI=1S/C15H13N.C13H10O/c1-12-15(13-7-3-2-4-8-13)11-14-9-5-6-10-16(12)14;14-13(11-7-3-1-4-8-11)12-9-5-2-6-10-12/h2-11H,1H3;1-10H. The number of carbonyl (C=O) groups is 1. The van der Waals surface area contributed by atoms with Gasteiger partial charge in [-0.15, -0.1) is 0 Å². The molecule has 146 valence electrons. The maximum atomic E-state index is 11.8. The fourth-order valence-electron chi connectivity index (χ4n) is 3.52. The van der Waals surface area contributed by atoms with Crippen LogP contribution in [0.1, 0.15) is 21.6 Å². The van der Waals surface area contributed by atoms with Gasteiger partial charge >= 0.3 is 0 Å². The van der Waals surface area contributed by atoms with E-state index in [0.29, 0.717) is 0 Å². The van der Waals surface area contributed by atoms with E-state index >= 15 is 0 Å². The van der Waals surface area contributed by atoms with Crippen LogP contribution in [-0.4, -0.2) is 10.2 Å². The van der Waals surface area contributed by atoms with Gasteiger partial charge in [0.05, 0.1) is 0 Å². The maximum absolute atomic E-state index is 11.8. The van der Waals surface area contributed by atoms with Gasteiger partial charge < -0.3 is 4.40 Å². The average molecular weight is 389 g/mol. The summed E-state index contributed by atoms with van der Waals surface area (Å²) < 4.78 is 2.22. The van der Waals surface area contributed by atoms with Crippen molar-refractivity contribution in [1.82, 2.24) is 4.40 Å². The number of hydrogen-bond acceptors (Lipinski definition) is 1. The summed E-state index contributed by atoms with van der Waals surface area (Å²) in [6.07, 6.45) is 2.11. The molecule has 3 aromatic carbocycles. The zero-order chi connectivity index (χ0) is 20.8. The Morgan fingerprint density at radius 3 is 1.67 bits per heavy atom. The molecule has 0 radical (unpaired) electrons. The van der Waals surface area contributed by atoms with E-state index in [1.54, 1.807) is 0 Å². The van der Waals surface area contributed by atoms with Crippen molar-refractivity contribution in [3.63, 3.8) is 0 Å². The summed E-state index contributed by atoms with van der Waals surface area (Å²) in [7, 11) is 0. The number of carbonyl (C=O) groups excluding carboxylic acids is 1. The van der Waals surface area contributed by atoms with Crippen LogP contribution in [0.2, 0.25) is 0 Å². The van der Waals surface area contributed by atoms with E-state index in [-0.39, 0.29) is 5.78 Å². The maximum Gasteiger partial charge on any atom is 0.193 e. The quantitative estimate of drug-likeness (QED) is 0.310. The lowest BCUT2D eigenvalue weighted by Crippen LogP contribution is -1.99. The third-order valence-corrected chi connectivity index (χ3v) is 5.09. The lowest BCUT2D eigenvalue weighted by atomic mass is 10.0. The van der Waals surface area contributed by atoms with Gasteiger partial charge in [-0.05, 0) is 30.7 Å². The molecule has 5 aromatic rings. The second-order valence-electron chi connectivity index (χ2n) is 7.07. The smallest absolute Gasteiger partial charge is 0.193 e. The van der Waals surface area contributed by atoms with Crippen molar-refractivity contribution >= 4 is 11.3 Å². The summed E-state index contributed by atoms with van der Waals surface area (Å²) in [5, 5.41) is 0. The topological polar surface area (TPSA) is 21.5 Å². The molecule has 2 nitrogen and oxygen atoms in total. The van der Waals surface area contributed by atoms with E-state index < -0.39 is 0 Å². The van der Waals surface area contributed by atoms with E-state index in [4.69, 9.17) is 0 Å². The SMILES string of the molecule is Cc1c(-c2ccccc2)cc2ccccn12.O=C(c1ccccc1)c1ccccc1. The van der Waals surface area contributed by atoms with Gasteiger partial charge in [0.2, 0.25) is 0 Å². The molecule has 0 atom stereocenters. The molecule has 2 heteroatoms. The van der Waals surface area contributed by atoms with Crippen molar-refractivity contribution in [2.75, 3.05) is 0 Å². The van der Waals surface area contributed by atoms with Crippen molar-refractivity contribution in [2.45, 2.75) is 6.92 Å². The third kappa shape index (κ3) is 4.23. The highest BCUT2D eigenvalue weighted by atomic mass is 16.1. The first-order valence-electron chi connectivity index (χ1n) is 10.0. The minimum Gasteiger partial charge on any atom is -0.321 e. The third-order valence-electron chi connectivity index (χ3n) is 5.09. The van der Waals surface area contributed by atoms with Gasteiger partial charge in [-0.3, -0.25) is 4.79 Å². The molecule has 0 saturated heterocycles. The lowest BCUT2D eigenvalue weighted by Gasteiger charge is -2.00. The van der Waals surface area contributed by atoms with Gasteiger partial charge in [0.1, 0.15) is 0 Å². The molecule has 0 saturated carbocycles. The van der Waals surface area contributed by atoms with E-state index in [2.05, 4.69) is 72.1 Å². The zero-order valence-electron chi connectivity index (χ0n) is 16.9. The first kappa shape index (κ1) is 19.4. The number of rotatable bonds is 3. The molecule has 0 amide bonds. The average Bonchev–Trinajstić information content (AvgIpc) is 3.17. The molecule has 5 rings (SSSR count). The number of benzene rings is 3. The predicted molar refractivity (Wildman–Crippen MR) is 124 cm³/mol. The normalized spacial score (nSPS) is 10.3. The summed E-state index contributed by atoms with van der Waals surface area (Å²) in [5.41, 5.74) is 6.61. The summed E-state index contributed by atoms with van der Waals surface area (Å²) in [6, 6.07) is 37.6. The molecule has 0 N–H and O–H groups in total. The Bertz CT molecular complexity index is 1200. The minimum absolute atomic E-state index is 0.0752. The molecule has 0 aliphatic carbocycles. The Kier molecular flexibility index (Phi) is 5.86. The van der Waals surface area contributed by atoms with Gasteiger partial charge in [0.25, 0.3) is 0 Å². The van der Waals surface area contributed by atoms with E-state index in [9.17, 15) is 4.79 Å². The Labute approximate surface area is 177 Å². The summed E-state index contributed by atoms with van der Waals surface area (Å²) in [5.74, 6) is 0.0752. The summed E-state index contributed by atoms with van der Waals surface area (Å²) in [6.45, 7) is 2.16. The summed E-state index contributed by atoms with van der Waals surface area (Å²) in [4.78, 5) is 11.8. The molecule has 0 aliphatic rings. The largest absolute Gasteiger partial charge is 0.321 e. The van der Waals surface area contributed by atoms with Crippen LogP contribution in [0, 0.1) is 6.92 Å². The molecule has 0 bridgehead atoms. The second-order valence-corrected chi connectivity index (χ2v) is 7.07. The first-order chi connectivity index (χ1) is 14.7. The number of fused-ring (bicyclic) bond motifs is 1. The van der Waals surface area contributed by atoms with Gasteiger partial charge in [-0.2, -0.15) is 0 Å². The van der Waals surface area contributed by atoms with Crippen LogP contribution < -0.4 is 0 Å². The molecule has 2 aromatic heterocycles. The number of aryl methyl sites for hydroxylation is 1. The van der Waals surface area contributed by atoms with Crippen LogP contribution in [-0.2, 0) is 0 Å². The van der Waals surface area contributed by atoms with Crippen molar-refractivity contribution in [1.29, 1.82) is 0 Å². The molecular weight excluding hydrogens is 366 g/mol. The Morgan fingerprint density at radius 2 is 1.13 bits per heavy atom. The van der Waals surface area contributed by atoms with Crippen molar-refractivity contribution in [3.8, 4) is 11.1 Å². The predicted octanol–water partition coefficient (Wildman–Crippen LogP) is 6.83. The summed E-state index contributed by atoms with van der Waals surface area (Å²) >= 11 is 0. The van der Waals surface area contributed by atoms with E-state index in [0.717, 1.165) is 11.1 Å². The van der Waals surface area contributed by atoms with Crippen LogP contribution in [0.5, 0.6) is 0 Å². The molecular formula is C28H23NO. The van der Waals surface area contributed by atoms with Crippen LogP contribution in [0.4, 0.5) is 0 Å². The van der Waals surface area contributed by atoms with E-state index in [1.807, 2.05) is 60.7 Å². The highest BCUT2D eigenvalue weighted by Gasteiger charge is 2.07. The number of nitrogens with zero attached hydrogens (tertiary/aromatic N) is 1. The fourth-order valence-corrected chi connectivity index (χ4v) is 3.52. The number of hydrogen-bond donors (Lipinski definition) is 0. The van der Waals surface area contributed by atoms with Crippen molar-refractivity contribution < 1.29 is 4.79 Å². The van der Waals surface area contributed by atoms with E-state index in [1.165, 1.54) is 22.3 Å². The first-order valence-corrected chi connectivity index (χ1v) is 10.0. The molecule has 0 aliphatic heterocycles. The zero-order valence-corrected chi connectivity index (χ0v) is 16.9. The number of pyridine rings is 1. The van der Waals surface area contributed by atoms with Crippen LogP contribution in [0.15, 0.2) is 121 Å². The number of ketones is 1. The fraction of sp³-hybridized carbons (Fsp3) is 0.0357.